The van der Waals surface area contributed by atoms with Gasteiger partial charge < -0.3 is 28.8 Å². The Balaban J connectivity index is 4.21. The number of allylic oxidation sites excluding steroid dienone is 2. The number of amides is 1. The number of aliphatic hydroxyl groups is 1. The Labute approximate surface area is 329 Å². The van der Waals surface area contributed by atoms with E-state index in [0.29, 0.717) is 23.9 Å². The molecule has 9 heteroatoms. The normalized spacial score (nSPS) is 14.5. The van der Waals surface area contributed by atoms with Crippen LogP contribution in [-0.4, -0.2) is 68.5 Å². The molecule has 3 atom stereocenters. The molecule has 0 aliphatic heterocycles. The quantitative estimate of drug-likeness (QED) is 0.0277. The second kappa shape index (κ2) is 36.9. The minimum absolute atomic E-state index is 0.00938. The van der Waals surface area contributed by atoms with E-state index >= 15 is 0 Å². The molecular formula is C44H89N2O6P. The number of rotatable bonds is 41. The van der Waals surface area contributed by atoms with Gasteiger partial charge in [-0.2, -0.15) is 0 Å². The number of likely N-dealkylation sites (N-methyl/N-ethyl adjacent to an activating group) is 1. The molecule has 0 radical (unpaired) electrons. The number of quaternary nitrogens is 1. The van der Waals surface area contributed by atoms with Crippen LogP contribution >= 0.6 is 7.82 Å². The van der Waals surface area contributed by atoms with Gasteiger partial charge in [-0.3, -0.25) is 9.36 Å². The molecule has 0 bridgehead atoms. The molecule has 2 N–H and O–H groups in total. The van der Waals surface area contributed by atoms with E-state index in [9.17, 15) is 19.4 Å². The fraction of sp³-hybridized carbons (Fsp3) is 0.932. The summed E-state index contributed by atoms with van der Waals surface area (Å²) in [7, 11) is 1.29. The molecule has 316 valence electrons. The van der Waals surface area contributed by atoms with E-state index in [2.05, 4.69) is 31.3 Å². The van der Waals surface area contributed by atoms with Crippen LogP contribution in [0.15, 0.2) is 12.2 Å². The van der Waals surface area contributed by atoms with E-state index in [1.807, 2.05) is 21.1 Å². The van der Waals surface area contributed by atoms with Gasteiger partial charge in [-0.25, -0.2) is 0 Å². The summed E-state index contributed by atoms with van der Waals surface area (Å²) in [5.41, 5.74) is 0. The molecule has 1 unspecified atom stereocenters. The Morgan fingerprint density at radius 2 is 1.04 bits per heavy atom. The molecule has 0 aliphatic carbocycles. The topological polar surface area (TPSA) is 108 Å². The van der Waals surface area contributed by atoms with Gasteiger partial charge in [0.2, 0.25) is 5.91 Å². The highest BCUT2D eigenvalue weighted by molar-refractivity contribution is 7.45. The SMILES string of the molecule is CCCCCC/C=C/CCCC[C@@H](O)[C@H](COP(=O)([O-])OCC[N+](C)(C)C)NC(=O)CCCCCCCCCCCCCCCCCCCCCCC. The highest BCUT2D eigenvalue weighted by atomic mass is 31.2. The van der Waals surface area contributed by atoms with Crippen LogP contribution in [0.3, 0.4) is 0 Å². The number of unbranched alkanes of at least 4 members (excludes halogenated alkanes) is 26. The van der Waals surface area contributed by atoms with Gasteiger partial charge in [-0.1, -0.05) is 180 Å². The van der Waals surface area contributed by atoms with E-state index in [4.69, 9.17) is 9.05 Å². The molecule has 0 rings (SSSR count). The summed E-state index contributed by atoms with van der Waals surface area (Å²) in [5, 5.41) is 13.8. The predicted octanol–water partition coefficient (Wildman–Crippen LogP) is 11.7. The lowest BCUT2D eigenvalue weighted by Gasteiger charge is -2.30. The molecule has 0 aromatic carbocycles. The highest BCUT2D eigenvalue weighted by Crippen LogP contribution is 2.38. The third-order valence-electron chi connectivity index (χ3n) is 10.3. The largest absolute Gasteiger partial charge is 0.756 e. The van der Waals surface area contributed by atoms with Crippen LogP contribution in [0.1, 0.15) is 213 Å². The molecule has 0 fully saturated rings. The summed E-state index contributed by atoms with van der Waals surface area (Å²) in [5.74, 6) is -0.173. The van der Waals surface area contributed by atoms with Crippen LogP contribution in [-0.2, 0) is 18.4 Å². The second-order valence-electron chi connectivity index (χ2n) is 16.8. The van der Waals surface area contributed by atoms with Crippen molar-refractivity contribution in [2.45, 2.75) is 225 Å². The molecule has 0 heterocycles. The third kappa shape index (κ3) is 39.3. The Morgan fingerprint density at radius 3 is 1.47 bits per heavy atom. The molecule has 0 saturated heterocycles. The highest BCUT2D eigenvalue weighted by Gasteiger charge is 2.24. The van der Waals surface area contributed by atoms with Gasteiger partial charge in [-0.15, -0.1) is 0 Å². The first kappa shape index (κ1) is 52.2. The maximum absolute atomic E-state index is 12.8. The first-order chi connectivity index (χ1) is 25.5. The molecule has 53 heavy (non-hydrogen) atoms. The van der Waals surface area contributed by atoms with Gasteiger partial charge in [0, 0.05) is 6.42 Å². The number of phosphoric acid groups is 1. The number of nitrogens with zero attached hydrogens (tertiary/aromatic N) is 1. The molecule has 0 aromatic rings. The van der Waals surface area contributed by atoms with E-state index in [-0.39, 0.29) is 19.1 Å². The standard InChI is InChI=1S/C44H89N2O6P/c1-6-8-10-12-14-16-18-19-20-21-22-23-24-25-26-27-28-30-32-34-36-38-44(48)45-42(41-52-53(49,50)51-40-39-46(3,4)5)43(47)37-35-33-31-29-17-15-13-11-9-7-2/h17,29,42-43,47H,6-16,18-28,30-41H2,1-5H3,(H-,45,48,49,50)/b29-17+/t42-,43+/m0/s1. The summed E-state index contributed by atoms with van der Waals surface area (Å²) < 4.78 is 23.2. The van der Waals surface area contributed by atoms with Crippen molar-refractivity contribution >= 4 is 13.7 Å². The van der Waals surface area contributed by atoms with E-state index in [1.54, 1.807) is 0 Å². The van der Waals surface area contributed by atoms with Gasteiger partial charge in [0.1, 0.15) is 13.2 Å². The lowest BCUT2D eigenvalue weighted by atomic mass is 10.0. The van der Waals surface area contributed by atoms with Gasteiger partial charge >= 0.3 is 0 Å². The first-order valence-corrected chi connectivity index (χ1v) is 24.0. The van der Waals surface area contributed by atoms with Crippen LogP contribution in [0, 0.1) is 0 Å². The van der Waals surface area contributed by atoms with Gasteiger partial charge in [0.25, 0.3) is 7.82 Å². The number of carbonyl (C=O) groups excluding carboxylic acids is 1. The summed E-state index contributed by atoms with van der Waals surface area (Å²) >= 11 is 0. The van der Waals surface area contributed by atoms with E-state index in [1.165, 1.54) is 141 Å². The predicted molar refractivity (Wildman–Crippen MR) is 224 cm³/mol. The Morgan fingerprint density at radius 1 is 0.642 bits per heavy atom. The molecule has 0 spiro atoms. The summed E-state index contributed by atoms with van der Waals surface area (Å²) in [6.07, 6.45) is 40.9. The number of phosphoric ester groups is 1. The minimum atomic E-state index is -4.56. The maximum Gasteiger partial charge on any atom is 0.268 e. The van der Waals surface area contributed by atoms with Crippen LogP contribution in [0.25, 0.3) is 0 Å². The minimum Gasteiger partial charge on any atom is -0.756 e. The van der Waals surface area contributed by atoms with Crippen molar-refractivity contribution < 1.29 is 32.9 Å². The first-order valence-electron chi connectivity index (χ1n) is 22.5. The average Bonchev–Trinajstić information content (AvgIpc) is 3.10. The zero-order valence-corrected chi connectivity index (χ0v) is 36.6. The van der Waals surface area contributed by atoms with Crippen molar-refractivity contribution in [2.75, 3.05) is 40.9 Å². The fourth-order valence-electron chi connectivity index (χ4n) is 6.62. The van der Waals surface area contributed by atoms with Crippen molar-refractivity contribution in [2.24, 2.45) is 0 Å². The van der Waals surface area contributed by atoms with Crippen molar-refractivity contribution in [3.05, 3.63) is 12.2 Å². The maximum atomic E-state index is 12.8. The summed E-state index contributed by atoms with van der Waals surface area (Å²) in [4.78, 5) is 25.3. The van der Waals surface area contributed by atoms with Gasteiger partial charge in [-0.05, 0) is 38.5 Å². The third-order valence-corrected chi connectivity index (χ3v) is 11.2. The monoisotopic (exact) mass is 773 g/mol. The number of hydrogen-bond donors (Lipinski definition) is 2. The molecule has 8 nitrogen and oxygen atoms in total. The Hall–Kier alpha value is -0.760. The van der Waals surface area contributed by atoms with Gasteiger partial charge in [0.15, 0.2) is 0 Å². The van der Waals surface area contributed by atoms with Crippen LogP contribution in [0.2, 0.25) is 0 Å². The zero-order chi connectivity index (χ0) is 39.3. The Kier molecular flexibility index (Phi) is 36.3. The lowest BCUT2D eigenvalue weighted by Crippen LogP contribution is -2.46. The van der Waals surface area contributed by atoms with Crippen molar-refractivity contribution in [1.82, 2.24) is 5.32 Å². The van der Waals surface area contributed by atoms with Crippen LogP contribution in [0.5, 0.6) is 0 Å². The summed E-state index contributed by atoms with van der Waals surface area (Å²) in [6.45, 7) is 4.68. The van der Waals surface area contributed by atoms with E-state index < -0.39 is 20.0 Å². The fourth-order valence-corrected chi connectivity index (χ4v) is 7.35. The van der Waals surface area contributed by atoms with Crippen LogP contribution in [0.4, 0.5) is 0 Å². The average molecular weight is 773 g/mol. The lowest BCUT2D eigenvalue weighted by molar-refractivity contribution is -0.870. The molecule has 0 aliphatic rings. The van der Waals surface area contributed by atoms with Crippen molar-refractivity contribution in [1.29, 1.82) is 0 Å². The number of carbonyl (C=O) groups is 1. The smallest absolute Gasteiger partial charge is 0.268 e. The van der Waals surface area contributed by atoms with Crippen LogP contribution < -0.4 is 10.2 Å². The number of aliphatic hydroxyl groups excluding tert-OH is 1. The molecular weight excluding hydrogens is 683 g/mol. The van der Waals surface area contributed by atoms with Gasteiger partial charge in [0.05, 0.1) is 39.9 Å². The molecule has 1 amide bonds. The number of hydrogen-bond acceptors (Lipinski definition) is 6. The second-order valence-corrected chi connectivity index (χ2v) is 18.2. The molecule has 0 aromatic heterocycles. The van der Waals surface area contributed by atoms with Crippen molar-refractivity contribution in [3.63, 3.8) is 0 Å². The number of nitrogens with one attached hydrogen (secondary N) is 1. The summed E-state index contributed by atoms with van der Waals surface area (Å²) in [6, 6.07) is -0.809. The molecule has 0 saturated carbocycles. The Bertz CT molecular complexity index is 880. The zero-order valence-electron chi connectivity index (χ0n) is 35.7. The van der Waals surface area contributed by atoms with E-state index in [0.717, 1.165) is 44.9 Å². The van der Waals surface area contributed by atoms with Crippen molar-refractivity contribution in [3.8, 4) is 0 Å².